The summed E-state index contributed by atoms with van der Waals surface area (Å²) in [5.41, 5.74) is -0.232. The molecular weight excluding hydrogens is 896 g/mol. The molecule has 1 aromatic rings. The van der Waals surface area contributed by atoms with E-state index in [2.05, 4.69) is 26.8 Å². The monoisotopic (exact) mass is 979 g/mol. The molecule has 0 heterocycles. The number of benzene rings is 1. The smallest absolute Gasteiger partial charge is 0.190 e. The van der Waals surface area contributed by atoms with E-state index in [1.54, 1.807) is 33.8 Å². The van der Waals surface area contributed by atoms with Crippen molar-refractivity contribution >= 4 is 23.1 Å². The molecule has 9 nitrogen and oxygen atoms in total. The van der Waals surface area contributed by atoms with Gasteiger partial charge in [0.15, 0.2) is 23.0 Å². The molecule has 388 valence electrons. The van der Waals surface area contributed by atoms with E-state index < -0.39 is 52.4 Å². The van der Waals surface area contributed by atoms with Crippen molar-refractivity contribution in [3.63, 3.8) is 0 Å². The van der Waals surface area contributed by atoms with Gasteiger partial charge in [0.1, 0.15) is 23.7 Å². The number of aromatic hydroxyl groups is 1. The average Bonchev–Trinajstić information content (AvgIpc) is 3.92. The number of hydrogen-bond acceptors (Lipinski definition) is 9. The number of carbonyl (C=O) groups is 4. The summed E-state index contributed by atoms with van der Waals surface area (Å²) in [5.74, 6) is 3.66. The highest BCUT2D eigenvalue weighted by Crippen LogP contribution is 2.71. The molecule has 8 fully saturated rings. The van der Waals surface area contributed by atoms with Gasteiger partial charge < -0.3 is 25.5 Å². The van der Waals surface area contributed by atoms with Crippen molar-refractivity contribution in [2.24, 2.45) is 80.3 Å². The van der Waals surface area contributed by atoms with Crippen LogP contribution in [0.25, 0.3) is 0 Å². The third-order valence-electron chi connectivity index (χ3n) is 23.9. The maximum absolute atomic E-state index is 16.9. The Bertz CT molecular complexity index is 2460. The number of halogens is 1. The quantitative estimate of drug-likeness (QED) is 0.198. The van der Waals surface area contributed by atoms with Crippen LogP contribution in [0.2, 0.25) is 0 Å². The Morgan fingerprint density at radius 3 is 2.15 bits per heavy atom. The van der Waals surface area contributed by atoms with Crippen LogP contribution < -0.4 is 0 Å². The molecule has 0 saturated heterocycles. The molecule has 1 aromatic carbocycles. The second kappa shape index (κ2) is 17.7. The van der Waals surface area contributed by atoms with Crippen molar-refractivity contribution in [2.75, 3.05) is 6.61 Å². The molecule has 12 rings (SSSR count). The molecule has 10 heteroatoms. The first-order valence-electron chi connectivity index (χ1n) is 27.8. The fraction of sp³-hybridized carbons (Fsp3) is 0.738. The van der Waals surface area contributed by atoms with Crippen LogP contribution in [0.15, 0.2) is 53.6 Å². The summed E-state index contributed by atoms with van der Waals surface area (Å²) in [6.45, 7) is 13.4. The fourth-order valence-electron chi connectivity index (χ4n) is 20.0. The number of allylic oxidation sites excluding steroid dienone is 5. The topological polar surface area (TPSA) is 169 Å². The van der Waals surface area contributed by atoms with Crippen LogP contribution in [0.5, 0.6) is 5.75 Å². The van der Waals surface area contributed by atoms with E-state index in [9.17, 15) is 44.7 Å². The van der Waals surface area contributed by atoms with Crippen molar-refractivity contribution < 1.29 is 49.1 Å². The lowest BCUT2D eigenvalue weighted by Gasteiger charge is -2.62. The molecule has 0 amide bonds. The normalized spacial score (nSPS) is 48.6. The van der Waals surface area contributed by atoms with Gasteiger partial charge in [-0.25, -0.2) is 4.39 Å². The van der Waals surface area contributed by atoms with Gasteiger partial charge in [-0.3, -0.25) is 19.2 Å². The van der Waals surface area contributed by atoms with Gasteiger partial charge in [0.05, 0.1) is 12.2 Å². The first kappa shape index (κ1) is 51.2. The zero-order chi connectivity index (χ0) is 51.0. The van der Waals surface area contributed by atoms with Gasteiger partial charge in [-0.2, -0.15) is 0 Å². The van der Waals surface area contributed by atoms with Gasteiger partial charge in [-0.05, 0) is 228 Å². The zero-order valence-corrected chi connectivity index (χ0v) is 43.7. The molecule has 0 bridgehead atoms. The third kappa shape index (κ3) is 7.29. The van der Waals surface area contributed by atoms with Crippen LogP contribution in [-0.4, -0.2) is 78.8 Å². The fourth-order valence-corrected chi connectivity index (χ4v) is 20.0. The van der Waals surface area contributed by atoms with Crippen LogP contribution in [0.4, 0.5) is 4.39 Å². The Morgan fingerprint density at radius 1 is 0.732 bits per heavy atom. The molecular formula is C61H83FO9. The lowest BCUT2D eigenvalue weighted by Crippen LogP contribution is -2.69. The Hall–Kier alpha value is -3.31. The van der Waals surface area contributed by atoms with Crippen LogP contribution in [-0.2, 0) is 25.6 Å². The van der Waals surface area contributed by atoms with Gasteiger partial charge in [0.25, 0.3) is 0 Å². The Balaban J connectivity index is 0.000000125. The lowest BCUT2D eigenvalue weighted by atomic mass is 9.44. The van der Waals surface area contributed by atoms with E-state index in [0.717, 1.165) is 68.6 Å². The molecule has 11 aliphatic carbocycles. The van der Waals surface area contributed by atoms with Crippen molar-refractivity contribution in [1.29, 1.82) is 0 Å². The molecule has 0 unspecified atom stereocenters. The van der Waals surface area contributed by atoms with E-state index >= 15 is 4.39 Å². The molecule has 8 saturated carbocycles. The summed E-state index contributed by atoms with van der Waals surface area (Å²) in [6, 6.07) is 5.96. The predicted octanol–water partition coefficient (Wildman–Crippen LogP) is 10.2. The minimum atomic E-state index is -1.98. The van der Waals surface area contributed by atoms with Crippen LogP contribution >= 0.6 is 0 Å². The number of phenolic OH excluding ortho intramolecular Hbond substituents is 1. The molecule has 0 aromatic heterocycles. The van der Waals surface area contributed by atoms with Crippen molar-refractivity contribution in [3.05, 3.63) is 64.8 Å². The van der Waals surface area contributed by atoms with Gasteiger partial charge in [0.2, 0.25) is 0 Å². The summed E-state index contributed by atoms with van der Waals surface area (Å²) in [7, 11) is 0. The number of alkyl halides is 1. The number of carbonyl (C=O) groups excluding carboxylic acids is 4. The summed E-state index contributed by atoms with van der Waals surface area (Å²) < 4.78 is 16.9. The first-order valence-corrected chi connectivity index (χ1v) is 27.8. The standard InChI is InChI=1S/C22H29FO5.C21H30O2.C18H24O2/c1-12-8-16-15-5-4-13-9-14(25)6-7-19(13,2)21(15,23)17(26)10-20(16,3)22(12,28)18(27)11-24;1-13(22)17-6-7-18-16-5-4-14-12-15(23)8-10-20(14,2)19(16)9-11-21(17,18)3;1-18-9-8-14-13-5-3-12(19)10-11(13)2-4-15(14)16(18)6-7-17(18)20/h6-7,9,12,15-17,24,26,28H,4-5,8,10-11H2,1-3H3;12,16-19H,4-11H2,1-3H3;3,5,10,14-17,19-20H,2,4,6-9H2,1H3/t12-,15+,16+,17+,19+,20+,21+,22+;16-,17+,18-,19-,20-,21+;14-,15-,16+,17+,18+/m101/s1. The second-order valence-corrected chi connectivity index (χ2v) is 26.4. The highest BCUT2D eigenvalue weighted by Gasteiger charge is 2.75. The van der Waals surface area contributed by atoms with E-state index in [1.807, 2.05) is 18.2 Å². The Labute approximate surface area is 421 Å². The third-order valence-corrected chi connectivity index (χ3v) is 23.9. The number of phenols is 1. The molecule has 0 aliphatic heterocycles. The highest BCUT2D eigenvalue weighted by atomic mass is 19.1. The number of rotatable bonds is 3. The predicted molar refractivity (Wildman–Crippen MR) is 270 cm³/mol. The molecule has 71 heavy (non-hydrogen) atoms. The second-order valence-electron chi connectivity index (χ2n) is 26.4. The molecule has 11 aliphatic rings. The zero-order valence-electron chi connectivity index (χ0n) is 43.7. The van der Waals surface area contributed by atoms with Gasteiger partial charge in [-0.1, -0.05) is 57.9 Å². The number of fused-ring (bicyclic) bond motifs is 15. The maximum Gasteiger partial charge on any atom is 0.190 e. The van der Waals surface area contributed by atoms with Crippen molar-refractivity contribution in [3.8, 4) is 5.75 Å². The summed E-state index contributed by atoms with van der Waals surface area (Å²) >= 11 is 0. The van der Waals surface area contributed by atoms with Crippen LogP contribution in [0, 0.1) is 80.3 Å². The van der Waals surface area contributed by atoms with E-state index in [1.165, 1.54) is 73.8 Å². The number of aliphatic hydroxyl groups excluding tert-OH is 3. The van der Waals surface area contributed by atoms with Crippen LogP contribution in [0.1, 0.15) is 175 Å². The van der Waals surface area contributed by atoms with Crippen molar-refractivity contribution in [2.45, 2.75) is 193 Å². The molecule has 5 N–H and O–H groups in total. The summed E-state index contributed by atoms with van der Waals surface area (Å²) in [6.07, 6.45) is 22.2. The number of hydrogen-bond donors (Lipinski definition) is 5. The lowest BCUT2D eigenvalue weighted by molar-refractivity contribution is -0.219. The minimum Gasteiger partial charge on any atom is -0.508 e. The summed E-state index contributed by atoms with van der Waals surface area (Å²) in [4.78, 5) is 48.4. The van der Waals surface area contributed by atoms with Gasteiger partial charge in [-0.15, -0.1) is 0 Å². The van der Waals surface area contributed by atoms with E-state index in [-0.39, 0.29) is 40.5 Å². The summed E-state index contributed by atoms with van der Waals surface area (Å²) in [5, 5.41) is 52.0. The molecule has 19 atom stereocenters. The first-order chi connectivity index (χ1) is 33.4. The number of ketones is 4. The van der Waals surface area contributed by atoms with Gasteiger partial charge in [0, 0.05) is 29.1 Å². The maximum atomic E-state index is 16.9. The van der Waals surface area contributed by atoms with Gasteiger partial charge >= 0.3 is 0 Å². The SMILES string of the molecule is CC(=O)[C@H]1CC[C@H]2[C@@H]3CCC4=CC(=O)CC[C@]4(C)[C@H]3CC[C@]12C.C[C@@H]1C[C@H]2[C@@H]3CCC4=CC(=O)C=C[C@]4(C)[C@@]3(F)[C@@H](O)C[C@]2(C)[C@@]1(O)C(=O)CO.C[C@]12CC[C@@H]3c4ccc(O)cc4CC[C@H]3[C@@H]1CC[C@@H]2O. The number of aliphatic hydroxyl groups is 4. The van der Waals surface area contributed by atoms with Crippen LogP contribution in [0.3, 0.4) is 0 Å². The molecule has 0 spiro atoms. The minimum absolute atomic E-state index is 0.0676. The average molecular weight is 979 g/mol. The van der Waals surface area contributed by atoms with E-state index in [0.29, 0.717) is 59.9 Å². The number of aryl methyl sites for hydroxylation is 1. The molecule has 0 radical (unpaired) electrons. The highest BCUT2D eigenvalue weighted by molar-refractivity contribution is 6.01. The Kier molecular flexibility index (Phi) is 12.7. The Morgan fingerprint density at radius 2 is 1.42 bits per heavy atom. The largest absolute Gasteiger partial charge is 0.508 e. The number of Topliss-reactive ketones (excluding diaryl/α,β-unsaturated/α-hetero) is 2. The van der Waals surface area contributed by atoms with E-state index in [4.69, 9.17) is 0 Å². The van der Waals surface area contributed by atoms with Crippen molar-refractivity contribution in [1.82, 2.24) is 0 Å².